The molecule has 1 aromatic carbocycles. The summed E-state index contributed by atoms with van der Waals surface area (Å²) in [6.07, 6.45) is 1.69. The maximum Gasteiger partial charge on any atom is 0.410 e. The molecule has 0 unspecified atom stereocenters. The molecule has 27 heavy (non-hydrogen) atoms. The van der Waals surface area contributed by atoms with Gasteiger partial charge in [-0.25, -0.2) is 14.8 Å². The number of hydrogen-bond donors (Lipinski definition) is 1. The van der Waals surface area contributed by atoms with Crippen LogP contribution in [-0.2, 0) is 4.74 Å². The third kappa shape index (κ3) is 4.99. The average molecular weight is 372 g/mol. The zero-order valence-electron chi connectivity index (χ0n) is 16.5. The number of carbonyl (C=O) groups excluding carboxylic acids is 1. The van der Waals surface area contributed by atoms with Crippen molar-refractivity contribution >= 4 is 22.9 Å². The third-order valence-electron chi connectivity index (χ3n) is 4.40. The molecule has 7 heteroatoms. The Bertz CT molecular complexity index is 803. The summed E-state index contributed by atoms with van der Waals surface area (Å²) in [5.74, 6) is 1.35. The van der Waals surface area contributed by atoms with Crippen LogP contribution in [-0.4, -0.2) is 53.3 Å². The molecule has 2 heterocycles. The minimum Gasteiger partial charge on any atom is -0.475 e. The van der Waals surface area contributed by atoms with Crippen molar-refractivity contribution in [3.63, 3.8) is 0 Å². The largest absolute Gasteiger partial charge is 0.475 e. The van der Waals surface area contributed by atoms with Gasteiger partial charge in [-0.3, -0.25) is 0 Å². The van der Waals surface area contributed by atoms with E-state index >= 15 is 0 Å². The van der Waals surface area contributed by atoms with E-state index in [1.165, 1.54) is 0 Å². The molecule has 1 amide bonds. The number of carbonyl (C=O) groups is 1. The first-order valence-corrected chi connectivity index (χ1v) is 9.41. The molecule has 1 N–H and O–H groups in total. The topological polar surface area (TPSA) is 76.6 Å². The Morgan fingerprint density at radius 1 is 1.26 bits per heavy atom. The van der Waals surface area contributed by atoms with Crippen molar-refractivity contribution in [2.24, 2.45) is 5.92 Å². The van der Waals surface area contributed by atoms with Gasteiger partial charge < -0.3 is 19.7 Å². The second-order valence-corrected chi connectivity index (χ2v) is 7.86. The molecule has 146 valence electrons. The molecule has 1 saturated heterocycles. The summed E-state index contributed by atoms with van der Waals surface area (Å²) in [6.45, 7) is 7.49. The molecular weight excluding hydrogens is 344 g/mol. The van der Waals surface area contributed by atoms with Gasteiger partial charge >= 0.3 is 6.09 Å². The Hall–Kier alpha value is -2.57. The monoisotopic (exact) mass is 372 g/mol. The number of piperidine rings is 1. The van der Waals surface area contributed by atoms with Crippen molar-refractivity contribution in [2.45, 2.75) is 39.2 Å². The van der Waals surface area contributed by atoms with Crippen molar-refractivity contribution in [1.82, 2.24) is 14.9 Å². The van der Waals surface area contributed by atoms with E-state index in [-0.39, 0.29) is 12.0 Å². The lowest BCUT2D eigenvalue weighted by atomic mass is 9.99. The number of nitrogens with one attached hydrogen (secondary N) is 1. The molecule has 0 spiro atoms. The highest BCUT2D eigenvalue weighted by atomic mass is 16.6. The first-order valence-electron chi connectivity index (χ1n) is 9.41. The Morgan fingerprint density at radius 3 is 2.63 bits per heavy atom. The molecule has 2 aromatic rings. The van der Waals surface area contributed by atoms with Crippen LogP contribution in [0.1, 0.15) is 33.6 Å². The van der Waals surface area contributed by atoms with Gasteiger partial charge in [-0.1, -0.05) is 12.1 Å². The highest BCUT2D eigenvalue weighted by Crippen LogP contribution is 2.25. The molecule has 0 bridgehead atoms. The summed E-state index contributed by atoms with van der Waals surface area (Å²) in [4.78, 5) is 23.2. The van der Waals surface area contributed by atoms with E-state index in [2.05, 4.69) is 15.3 Å². The van der Waals surface area contributed by atoms with Gasteiger partial charge in [0.05, 0.1) is 17.6 Å². The standard InChI is InChI=1S/C20H28N4O3/c1-20(2,3)27-19(25)24-11-7-8-14(12-24)13-26-18-17(21-4)22-15-9-5-6-10-16(15)23-18/h5-6,9-10,14H,7-8,11-13H2,1-4H3,(H,21,22)/t14-/m1/s1. The molecule has 1 aliphatic heterocycles. The average Bonchev–Trinajstić information content (AvgIpc) is 2.64. The van der Waals surface area contributed by atoms with Gasteiger partial charge in [0.2, 0.25) is 0 Å². The van der Waals surface area contributed by atoms with Crippen LogP contribution in [0.15, 0.2) is 24.3 Å². The van der Waals surface area contributed by atoms with Gasteiger partial charge in [0, 0.05) is 26.1 Å². The summed E-state index contributed by atoms with van der Waals surface area (Å²) < 4.78 is 11.5. The first-order chi connectivity index (χ1) is 12.9. The molecule has 3 rings (SSSR count). The molecule has 1 atom stereocenters. The number of benzene rings is 1. The Morgan fingerprint density at radius 2 is 1.96 bits per heavy atom. The molecular formula is C20H28N4O3. The Balaban J connectivity index is 1.64. The predicted molar refractivity (Wildman–Crippen MR) is 105 cm³/mol. The normalized spacial score (nSPS) is 17.6. The number of anilines is 1. The van der Waals surface area contributed by atoms with Gasteiger partial charge in [-0.15, -0.1) is 0 Å². The van der Waals surface area contributed by atoms with Gasteiger partial charge in [-0.05, 0) is 45.7 Å². The zero-order valence-corrected chi connectivity index (χ0v) is 16.5. The summed E-state index contributed by atoms with van der Waals surface area (Å²) in [7, 11) is 1.80. The van der Waals surface area contributed by atoms with Crippen LogP contribution in [0.3, 0.4) is 0 Å². The zero-order chi connectivity index (χ0) is 19.4. The summed E-state index contributed by atoms with van der Waals surface area (Å²) >= 11 is 0. The van der Waals surface area contributed by atoms with Crippen molar-refractivity contribution in [3.8, 4) is 5.88 Å². The van der Waals surface area contributed by atoms with Crippen LogP contribution < -0.4 is 10.1 Å². The lowest BCUT2D eigenvalue weighted by molar-refractivity contribution is 0.0138. The van der Waals surface area contributed by atoms with E-state index < -0.39 is 5.60 Å². The summed E-state index contributed by atoms with van der Waals surface area (Å²) in [5, 5.41) is 3.05. The SMILES string of the molecule is CNc1nc2ccccc2nc1OC[C@@H]1CCCN(C(=O)OC(C)(C)C)C1. The fourth-order valence-electron chi connectivity index (χ4n) is 3.14. The number of rotatable bonds is 4. The molecule has 1 fully saturated rings. The molecule has 1 aliphatic rings. The van der Waals surface area contributed by atoms with E-state index in [0.29, 0.717) is 24.8 Å². The summed E-state index contributed by atoms with van der Waals surface area (Å²) in [6, 6.07) is 7.70. The molecule has 0 radical (unpaired) electrons. The van der Waals surface area contributed by atoms with E-state index in [1.54, 1.807) is 11.9 Å². The first kappa shape index (κ1) is 19.2. The molecule has 7 nitrogen and oxygen atoms in total. The second kappa shape index (κ2) is 7.98. The number of likely N-dealkylation sites (tertiary alicyclic amines) is 1. The van der Waals surface area contributed by atoms with Crippen LogP contribution in [0.2, 0.25) is 0 Å². The number of fused-ring (bicyclic) bond motifs is 1. The molecule has 1 aromatic heterocycles. The predicted octanol–water partition coefficient (Wildman–Crippen LogP) is 3.70. The van der Waals surface area contributed by atoms with Gasteiger partial charge in [0.1, 0.15) is 5.60 Å². The lowest BCUT2D eigenvalue weighted by Crippen LogP contribution is -2.44. The maximum absolute atomic E-state index is 12.3. The third-order valence-corrected chi connectivity index (χ3v) is 4.40. The smallest absolute Gasteiger partial charge is 0.410 e. The van der Waals surface area contributed by atoms with Crippen molar-refractivity contribution in [1.29, 1.82) is 0 Å². The number of ether oxygens (including phenoxy) is 2. The summed E-state index contributed by atoms with van der Waals surface area (Å²) in [5.41, 5.74) is 1.14. The van der Waals surface area contributed by atoms with E-state index in [4.69, 9.17) is 9.47 Å². The highest BCUT2D eigenvalue weighted by molar-refractivity contribution is 5.77. The van der Waals surface area contributed by atoms with Crippen LogP contribution in [0.5, 0.6) is 5.88 Å². The number of nitrogens with zero attached hydrogens (tertiary/aromatic N) is 3. The quantitative estimate of drug-likeness (QED) is 0.882. The van der Waals surface area contributed by atoms with E-state index in [9.17, 15) is 4.79 Å². The molecule has 0 aliphatic carbocycles. The second-order valence-electron chi connectivity index (χ2n) is 7.86. The van der Waals surface area contributed by atoms with Crippen molar-refractivity contribution < 1.29 is 14.3 Å². The van der Waals surface area contributed by atoms with Crippen LogP contribution in [0.4, 0.5) is 10.6 Å². The van der Waals surface area contributed by atoms with Crippen LogP contribution in [0, 0.1) is 5.92 Å². The van der Waals surface area contributed by atoms with Gasteiger partial charge in [-0.2, -0.15) is 0 Å². The number of amides is 1. The Kier molecular flexibility index (Phi) is 5.68. The minimum atomic E-state index is -0.483. The number of aromatic nitrogens is 2. The van der Waals surface area contributed by atoms with Crippen LogP contribution >= 0.6 is 0 Å². The van der Waals surface area contributed by atoms with E-state index in [1.807, 2.05) is 45.0 Å². The Labute approximate surface area is 160 Å². The maximum atomic E-state index is 12.3. The lowest BCUT2D eigenvalue weighted by Gasteiger charge is -2.34. The highest BCUT2D eigenvalue weighted by Gasteiger charge is 2.28. The van der Waals surface area contributed by atoms with Crippen molar-refractivity contribution in [2.75, 3.05) is 32.1 Å². The van der Waals surface area contributed by atoms with E-state index in [0.717, 1.165) is 30.4 Å². The number of hydrogen-bond acceptors (Lipinski definition) is 6. The van der Waals surface area contributed by atoms with Gasteiger partial charge in [0.15, 0.2) is 5.82 Å². The minimum absolute atomic E-state index is 0.240. The van der Waals surface area contributed by atoms with Gasteiger partial charge in [0.25, 0.3) is 5.88 Å². The fourth-order valence-corrected chi connectivity index (χ4v) is 3.14. The van der Waals surface area contributed by atoms with Crippen molar-refractivity contribution in [3.05, 3.63) is 24.3 Å². The fraction of sp³-hybridized carbons (Fsp3) is 0.550. The molecule has 0 saturated carbocycles. The number of para-hydroxylation sites is 2. The van der Waals surface area contributed by atoms with Crippen LogP contribution in [0.25, 0.3) is 11.0 Å².